The summed E-state index contributed by atoms with van der Waals surface area (Å²) >= 11 is 5.43. The first-order chi connectivity index (χ1) is 7.61. The third kappa shape index (κ3) is 1.88. The number of rotatable bonds is 2. The summed E-state index contributed by atoms with van der Waals surface area (Å²) in [6.07, 6.45) is 0.969. The molecule has 0 spiro atoms. The minimum Gasteiger partial charge on any atom is -0.507 e. The molecule has 0 atom stereocenters. The highest BCUT2D eigenvalue weighted by atomic mass is 35.5. The van der Waals surface area contributed by atoms with Crippen LogP contribution in [-0.2, 0) is 11.2 Å². The van der Waals surface area contributed by atoms with Crippen LogP contribution < -0.4 is 5.32 Å². The van der Waals surface area contributed by atoms with E-state index in [9.17, 15) is 14.7 Å². The number of halogens is 1. The number of aromatic hydroxyl groups is 1. The lowest BCUT2D eigenvalue weighted by atomic mass is 9.98. The fourth-order valence-electron chi connectivity index (χ4n) is 1.71. The van der Waals surface area contributed by atoms with E-state index < -0.39 is 0 Å². The molecule has 1 aliphatic heterocycles. The molecular formula is C11H10ClNO3. The molecule has 0 aliphatic carbocycles. The molecule has 1 amide bonds. The minimum absolute atomic E-state index is 0.0803. The molecule has 0 fully saturated rings. The third-order valence-corrected chi connectivity index (χ3v) is 2.78. The van der Waals surface area contributed by atoms with Crippen molar-refractivity contribution in [2.24, 2.45) is 0 Å². The fraction of sp³-hybridized carbons (Fsp3) is 0.273. The van der Waals surface area contributed by atoms with Gasteiger partial charge in [-0.1, -0.05) is 0 Å². The van der Waals surface area contributed by atoms with Gasteiger partial charge in [-0.3, -0.25) is 9.59 Å². The molecule has 1 aliphatic rings. The Hall–Kier alpha value is -1.55. The molecule has 0 unspecified atom stereocenters. The molecule has 16 heavy (non-hydrogen) atoms. The second-order valence-corrected chi connectivity index (χ2v) is 3.90. The number of phenols is 1. The van der Waals surface area contributed by atoms with E-state index in [-0.39, 0.29) is 28.9 Å². The summed E-state index contributed by atoms with van der Waals surface area (Å²) in [5.74, 6) is -0.715. The third-order valence-electron chi connectivity index (χ3n) is 2.54. The number of carbonyl (C=O) groups excluding carboxylic acids is 2. The molecule has 0 saturated carbocycles. The summed E-state index contributed by atoms with van der Waals surface area (Å²) in [5, 5.41) is 12.3. The summed E-state index contributed by atoms with van der Waals surface area (Å²) in [4.78, 5) is 22.5. The van der Waals surface area contributed by atoms with Gasteiger partial charge in [-0.05, 0) is 18.1 Å². The van der Waals surface area contributed by atoms with E-state index in [4.69, 9.17) is 11.6 Å². The predicted octanol–water partition coefficient (Wildman–Crippen LogP) is 1.70. The van der Waals surface area contributed by atoms with E-state index in [1.54, 1.807) is 6.07 Å². The maximum atomic E-state index is 11.4. The number of aryl methyl sites for hydroxylation is 1. The lowest BCUT2D eigenvalue weighted by molar-refractivity contribution is -0.116. The number of nitrogens with one attached hydrogen (secondary N) is 1. The summed E-state index contributed by atoms with van der Waals surface area (Å²) < 4.78 is 0. The number of ketones is 1. The Bertz CT molecular complexity index is 471. The van der Waals surface area contributed by atoms with Crippen LogP contribution in [0, 0.1) is 0 Å². The molecule has 5 heteroatoms. The standard InChI is InChI=1S/C11H10ClNO3/c12-5-10(15)7-3-6-1-2-11(16)13-8(6)4-9(7)14/h3-4,14H,1-2,5H2,(H,13,16). The second kappa shape index (κ2) is 4.14. The maximum absolute atomic E-state index is 11.4. The number of alkyl halides is 1. The quantitative estimate of drug-likeness (QED) is 0.610. The number of fused-ring (bicyclic) bond motifs is 1. The second-order valence-electron chi connectivity index (χ2n) is 3.63. The van der Waals surface area contributed by atoms with Gasteiger partial charge in [0.25, 0.3) is 0 Å². The number of hydrogen-bond acceptors (Lipinski definition) is 3. The average Bonchev–Trinajstić information content (AvgIpc) is 2.27. The summed E-state index contributed by atoms with van der Waals surface area (Å²) in [5.41, 5.74) is 1.63. The minimum atomic E-state index is -0.320. The largest absolute Gasteiger partial charge is 0.507 e. The van der Waals surface area contributed by atoms with Crippen LogP contribution in [0.25, 0.3) is 0 Å². The van der Waals surface area contributed by atoms with Gasteiger partial charge in [0.1, 0.15) is 5.75 Å². The van der Waals surface area contributed by atoms with Crippen molar-refractivity contribution in [3.8, 4) is 5.75 Å². The number of hydrogen-bond donors (Lipinski definition) is 2. The number of carbonyl (C=O) groups is 2. The lowest BCUT2D eigenvalue weighted by Gasteiger charge is -2.18. The number of amides is 1. The van der Waals surface area contributed by atoms with E-state index in [0.29, 0.717) is 18.5 Å². The highest BCUT2D eigenvalue weighted by Gasteiger charge is 2.19. The normalized spacial score (nSPS) is 14.2. The first-order valence-electron chi connectivity index (χ1n) is 4.86. The Morgan fingerprint density at radius 3 is 2.88 bits per heavy atom. The van der Waals surface area contributed by atoms with Gasteiger partial charge in [-0.15, -0.1) is 11.6 Å². The topological polar surface area (TPSA) is 66.4 Å². The van der Waals surface area contributed by atoms with Crippen molar-refractivity contribution >= 4 is 29.0 Å². The first kappa shape index (κ1) is 11.0. The van der Waals surface area contributed by atoms with Gasteiger partial charge in [0.2, 0.25) is 5.91 Å². The molecular weight excluding hydrogens is 230 g/mol. The van der Waals surface area contributed by atoms with Gasteiger partial charge < -0.3 is 10.4 Å². The van der Waals surface area contributed by atoms with E-state index >= 15 is 0 Å². The lowest BCUT2D eigenvalue weighted by Crippen LogP contribution is -2.19. The van der Waals surface area contributed by atoms with Crippen molar-refractivity contribution in [1.82, 2.24) is 0 Å². The van der Waals surface area contributed by atoms with Gasteiger partial charge in [-0.2, -0.15) is 0 Å². The van der Waals surface area contributed by atoms with Gasteiger partial charge >= 0.3 is 0 Å². The Labute approximate surface area is 97.2 Å². The SMILES string of the molecule is O=C1CCc2cc(C(=O)CCl)c(O)cc2N1. The zero-order valence-electron chi connectivity index (χ0n) is 8.42. The summed E-state index contributed by atoms with van der Waals surface area (Å²) in [6.45, 7) is 0. The van der Waals surface area contributed by atoms with Gasteiger partial charge in [-0.25, -0.2) is 0 Å². The number of benzene rings is 1. The van der Waals surface area contributed by atoms with E-state index in [1.807, 2.05) is 0 Å². The van der Waals surface area contributed by atoms with E-state index in [0.717, 1.165) is 5.56 Å². The van der Waals surface area contributed by atoms with Crippen molar-refractivity contribution in [3.63, 3.8) is 0 Å². The predicted molar refractivity (Wildman–Crippen MR) is 60.1 cm³/mol. The maximum Gasteiger partial charge on any atom is 0.224 e. The molecule has 1 heterocycles. The Morgan fingerprint density at radius 2 is 2.19 bits per heavy atom. The van der Waals surface area contributed by atoms with Crippen molar-refractivity contribution < 1.29 is 14.7 Å². The van der Waals surface area contributed by atoms with Crippen molar-refractivity contribution in [2.45, 2.75) is 12.8 Å². The van der Waals surface area contributed by atoms with E-state index in [2.05, 4.69) is 5.32 Å². The van der Waals surface area contributed by atoms with Crippen LogP contribution in [-0.4, -0.2) is 22.7 Å². The molecule has 0 aromatic heterocycles. The van der Waals surface area contributed by atoms with Crippen LogP contribution >= 0.6 is 11.6 Å². The van der Waals surface area contributed by atoms with Crippen LogP contribution in [0.5, 0.6) is 5.75 Å². The molecule has 1 aromatic rings. The van der Waals surface area contributed by atoms with Crippen LogP contribution in [0.2, 0.25) is 0 Å². The van der Waals surface area contributed by atoms with Crippen molar-refractivity contribution in [3.05, 3.63) is 23.3 Å². The highest BCUT2D eigenvalue weighted by molar-refractivity contribution is 6.30. The zero-order chi connectivity index (χ0) is 11.7. The Kier molecular flexibility index (Phi) is 2.83. The fourth-order valence-corrected chi connectivity index (χ4v) is 1.86. The molecule has 0 saturated heterocycles. The van der Waals surface area contributed by atoms with Crippen molar-refractivity contribution in [2.75, 3.05) is 11.2 Å². The molecule has 1 aromatic carbocycles. The van der Waals surface area contributed by atoms with Crippen LogP contribution in [0.4, 0.5) is 5.69 Å². The van der Waals surface area contributed by atoms with Crippen LogP contribution in [0.3, 0.4) is 0 Å². The number of anilines is 1. The Morgan fingerprint density at radius 1 is 1.44 bits per heavy atom. The van der Waals surface area contributed by atoms with Crippen LogP contribution in [0.15, 0.2) is 12.1 Å². The zero-order valence-corrected chi connectivity index (χ0v) is 9.17. The number of phenolic OH excluding ortho intramolecular Hbond substituents is 1. The smallest absolute Gasteiger partial charge is 0.224 e. The molecule has 2 N–H and O–H groups in total. The van der Waals surface area contributed by atoms with Gasteiger partial charge in [0, 0.05) is 18.2 Å². The monoisotopic (exact) mass is 239 g/mol. The molecule has 4 nitrogen and oxygen atoms in total. The van der Waals surface area contributed by atoms with E-state index in [1.165, 1.54) is 6.07 Å². The summed E-state index contributed by atoms with van der Waals surface area (Å²) in [6, 6.07) is 2.99. The van der Waals surface area contributed by atoms with Crippen molar-refractivity contribution in [1.29, 1.82) is 0 Å². The Balaban J connectivity index is 2.45. The van der Waals surface area contributed by atoms with Gasteiger partial charge in [0.05, 0.1) is 11.4 Å². The van der Waals surface area contributed by atoms with Gasteiger partial charge in [0.15, 0.2) is 5.78 Å². The highest BCUT2D eigenvalue weighted by Crippen LogP contribution is 2.30. The molecule has 0 bridgehead atoms. The molecule has 0 radical (unpaired) electrons. The molecule has 2 rings (SSSR count). The first-order valence-corrected chi connectivity index (χ1v) is 5.40. The van der Waals surface area contributed by atoms with Crippen LogP contribution in [0.1, 0.15) is 22.3 Å². The molecule has 84 valence electrons. The summed E-state index contributed by atoms with van der Waals surface area (Å²) in [7, 11) is 0. The number of Topliss-reactive ketones (excluding diaryl/α,β-unsaturated/α-hetero) is 1. The average molecular weight is 240 g/mol.